The second kappa shape index (κ2) is 18.4. The molecular weight excluding hydrogens is 414 g/mol. The summed E-state index contributed by atoms with van der Waals surface area (Å²) in [4.78, 5) is 13.4. The first-order chi connectivity index (χ1) is 16.3. The van der Waals surface area contributed by atoms with Crippen LogP contribution in [0.25, 0.3) is 11.4 Å². The summed E-state index contributed by atoms with van der Waals surface area (Å²) in [5.74, 6) is 0.551. The van der Waals surface area contributed by atoms with Gasteiger partial charge in [-0.05, 0) is 56.6 Å². The van der Waals surface area contributed by atoms with Gasteiger partial charge in [-0.25, -0.2) is 9.97 Å². The first-order valence-electron chi connectivity index (χ1n) is 12.9. The Bertz CT molecular complexity index is 708. The van der Waals surface area contributed by atoms with Gasteiger partial charge in [-0.15, -0.1) is 0 Å². The summed E-state index contributed by atoms with van der Waals surface area (Å²) in [6.07, 6.45) is 17.9. The summed E-state index contributed by atoms with van der Waals surface area (Å²) in [6.45, 7) is 8.43. The third-order valence-electron chi connectivity index (χ3n) is 5.44. The van der Waals surface area contributed by atoms with Crippen LogP contribution in [0.2, 0.25) is 0 Å². The third kappa shape index (κ3) is 12.7. The topological polar surface area (TPSA) is 66.4 Å². The van der Waals surface area contributed by atoms with Gasteiger partial charge in [0.2, 0.25) is 5.88 Å². The Morgan fingerprint density at radius 3 is 1.91 bits per heavy atom. The van der Waals surface area contributed by atoms with Gasteiger partial charge in [-0.1, -0.05) is 45.6 Å². The molecule has 0 N–H and O–H groups in total. The fraction of sp³-hybridized carbons (Fsp3) is 0.667. The summed E-state index contributed by atoms with van der Waals surface area (Å²) in [5.41, 5.74) is 2.83. The fourth-order valence-electron chi connectivity index (χ4n) is 3.34. The van der Waals surface area contributed by atoms with Gasteiger partial charge in [0.05, 0.1) is 24.7 Å². The zero-order valence-corrected chi connectivity index (χ0v) is 20.8. The molecule has 2 heterocycles. The summed E-state index contributed by atoms with van der Waals surface area (Å²) in [5, 5.41) is 0. The minimum atomic E-state index is 0.551. The van der Waals surface area contributed by atoms with Gasteiger partial charge in [0, 0.05) is 32.6 Å². The molecule has 184 valence electrons. The standard InChI is InChI=1S/C27H43N3O3/c1-3-5-7-9-17-32-18-10-8-13-24-14-15-25(28-21-24)26-22-30-27(23-29-26)33-20-12-11-19-31-16-6-4-2/h14-15,21-23H,3-13,16-20H2,1-2H3. The summed E-state index contributed by atoms with van der Waals surface area (Å²) in [6, 6.07) is 4.14. The van der Waals surface area contributed by atoms with E-state index in [0.29, 0.717) is 12.5 Å². The van der Waals surface area contributed by atoms with Crippen molar-refractivity contribution in [1.29, 1.82) is 0 Å². The van der Waals surface area contributed by atoms with Crippen molar-refractivity contribution < 1.29 is 14.2 Å². The quantitative estimate of drug-likeness (QED) is 0.213. The van der Waals surface area contributed by atoms with E-state index in [4.69, 9.17) is 14.2 Å². The largest absolute Gasteiger partial charge is 0.477 e. The minimum Gasteiger partial charge on any atom is -0.477 e. The van der Waals surface area contributed by atoms with Gasteiger partial charge in [-0.3, -0.25) is 4.98 Å². The second-order valence-electron chi connectivity index (χ2n) is 8.44. The lowest BCUT2D eigenvalue weighted by molar-refractivity contribution is 0.123. The Morgan fingerprint density at radius 2 is 1.24 bits per heavy atom. The number of hydrogen-bond donors (Lipinski definition) is 0. The molecule has 0 unspecified atom stereocenters. The number of nitrogens with zero attached hydrogens (tertiary/aromatic N) is 3. The zero-order chi connectivity index (χ0) is 23.4. The maximum absolute atomic E-state index is 5.71. The van der Waals surface area contributed by atoms with E-state index in [-0.39, 0.29) is 0 Å². The molecule has 0 aromatic carbocycles. The van der Waals surface area contributed by atoms with Crippen molar-refractivity contribution in [3.63, 3.8) is 0 Å². The molecule has 0 spiro atoms. The van der Waals surface area contributed by atoms with Crippen LogP contribution >= 0.6 is 0 Å². The summed E-state index contributed by atoms with van der Waals surface area (Å²) in [7, 11) is 0. The molecule has 0 amide bonds. The van der Waals surface area contributed by atoms with Crippen molar-refractivity contribution >= 4 is 0 Å². The van der Waals surface area contributed by atoms with E-state index < -0.39 is 0 Å². The van der Waals surface area contributed by atoms with E-state index in [2.05, 4.69) is 34.9 Å². The molecule has 0 fully saturated rings. The Hall–Kier alpha value is -2.05. The third-order valence-corrected chi connectivity index (χ3v) is 5.44. The van der Waals surface area contributed by atoms with Crippen molar-refractivity contribution in [1.82, 2.24) is 15.0 Å². The number of ether oxygens (including phenoxy) is 3. The van der Waals surface area contributed by atoms with Crippen LogP contribution in [-0.4, -0.2) is 48.0 Å². The number of rotatable bonds is 20. The van der Waals surface area contributed by atoms with Crippen LogP contribution in [0.3, 0.4) is 0 Å². The first kappa shape index (κ1) is 27.2. The smallest absolute Gasteiger partial charge is 0.232 e. The first-order valence-corrected chi connectivity index (χ1v) is 12.9. The summed E-state index contributed by atoms with van der Waals surface area (Å²) < 4.78 is 16.9. The molecule has 2 aromatic rings. The normalized spacial score (nSPS) is 11.1. The predicted octanol–water partition coefficient (Wildman–Crippen LogP) is 6.43. The number of aromatic nitrogens is 3. The molecule has 0 saturated heterocycles. The number of hydrogen-bond acceptors (Lipinski definition) is 6. The predicted molar refractivity (Wildman–Crippen MR) is 134 cm³/mol. The van der Waals surface area contributed by atoms with Gasteiger partial charge in [-0.2, -0.15) is 0 Å². The maximum atomic E-state index is 5.71. The highest BCUT2D eigenvalue weighted by Gasteiger charge is 2.04. The van der Waals surface area contributed by atoms with Gasteiger partial charge in [0.1, 0.15) is 5.69 Å². The highest BCUT2D eigenvalue weighted by Crippen LogP contribution is 2.16. The molecule has 0 aliphatic heterocycles. The van der Waals surface area contributed by atoms with E-state index in [9.17, 15) is 0 Å². The van der Waals surface area contributed by atoms with E-state index in [1.807, 2.05) is 12.3 Å². The maximum Gasteiger partial charge on any atom is 0.232 e. The van der Waals surface area contributed by atoms with E-state index in [1.54, 1.807) is 12.4 Å². The van der Waals surface area contributed by atoms with Crippen LogP contribution in [-0.2, 0) is 15.9 Å². The van der Waals surface area contributed by atoms with Crippen LogP contribution < -0.4 is 4.74 Å². The van der Waals surface area contributed by atoms with E-state index in [1.165, 1.54) is 37.7 Å². The minimum absolute atomic E-state index is 0.551. The fourth-order valence-corrected chi connectivity index (χ4v) is 3.34. The molecule has 0 saturated carbocycles. The van der Waals surface area contributed by atoms with Gasteiger partial charge >= 0.3 is 0 Å². The SMILES string of the molecule is CCCCCCOCCCCc1ccc(-c2cnc(OCCCCOCCCC)cn2)nc1. The van der Waals surface area contributed by atoms with Gasteiger partial charge in [0.25, 0.3) is 0 Å². The lowest BCUT2D eigenvalue weighted by Gasteiger charge is -2.07. The number of unbranched alkanes of at least 4 members (excludes halogenated alkanes) is 6. The lowest BCUT2D eigenvalue weighted by atomic mass is 10.1. The Morgan fingerprint density at radius 1 is 0.576 bits per heavy atom. The van der Waals surface area contributed by atoms with Crippen molar-refractivity contribution in [3.05, 3.63) is 36.3 Å². The molecule has 0 atom stereocenters. The van der Waals surface area contributed by atoms with Crippen LogP contribution in [0.1, 0.15) is 83.6 Å². The van der Waals surface area contributed by atoms with Crippen LogP contribution in [0, 0.1) is 0 Å². The molecule has 33 heavy (non-hydrogen) atoms. The van der Waals surface area contributed by atoms with Crippen molar-refractivity contribution in [2.24, 2.45) is 0 Å². The van der Waals surface area contributed by atoms with Crippen LogP contribution in [0.5, 0.6) is 5.88 Å². The molecule has 0 radical (unpaired) electrons. The number of aryl methyl sites for hydroxylation is 1. The highest BCUT2D eigenvalue weighted by molar-refractivity contribution is 5.52. The molecule has 0 bridgehead atoms. The molecule has 2 rings (SSSR count). The monoisotopic (exact) mass is 457 g/mol. The zero-order valence-electron chi connectivity index (χ0n) is 20.8. The van der Waals surface area contributed by atoms with Crippen LogP contribution in [0.4, 0.5) is 0 Å². The summed E-state index contributed by atoms with van der Waals surface area (Å²) >= 11 is 0. The molecule has 6 nitrogen and oxygen atoms in total. The van der Waals surface area contributed by atoms with E-state index in [0.717, 1.165) is 76.3 Å². The van der Waals surface area contributed by atoms with Gasteiger partial charge < -0.3 is 14.2 Å². The Balaban J connectivity index is 1.59. The molecule has 6 heteroatoms. The molecular formula is C27H43N3O3. The number of pyridine rings is 1. The van der Waals surface area contributed by atoms with Crippen molar-refractivity contribution in [3.8, 4) is 17.3 Å². The molecule has 0 aliphatic carbocycles. The van der Waals surface area contributed by atoms with Crippen LogP contribution in [0.15, 0.2) is 30.7 Å². The Kier molecular flexibility index (Phi) is 15.2. The van der Waals surface area contributed by atoms with Crippen molar-refractivity contribution in [2.75, 3.05) is 33.0 Å². The average molecular weight is 458 g/mol. The van der Waals surface area contributed by atoms with Gasteiger partial charge in [0.15, 0.2) is 0 Å². The molecule has 0 aliphatic rings. The van der Waals surface area contributed by atoms with Crippen molar-refractivity contribution in [2.45, 2.75) is 84.5 Å². The lowest BCUT2D eigenvalue weighted by Crippen LogP contribution is -2.03. The molecule has 2 aromatic heterocycles. The average Bonchev–Trinajstić information content (AvgIpc) is 2.85. The second-order valence-corrected chi connectivity index (χ2v) is 8.44. The highest BCUT2D eigenvalue weighted by atomic mass is 16.5. The Labute approximate surface area is 200 Å². The van der Waals surface area contributed by atoms with E-state index >= 15 is 0 Å².